The molecule has 2 rings (SSSR count). The molecule has 0 aliphatic heterocycles. The van der Waals surface area contributed by atoms with Crippen molar-refractivity contribution in [2.75, 3.05) is 6.54 Å². The molecular formula is C17H32N4. The van der Waals surface area contributed by atoms with Gasteiger partial charge < -0.3 is 5.32 Å². The molecule has 0 aromatic carbocycles. The van der Waals surface area contributed by atoms with E-state index in [2.05, 4.69) is 29.2 Å². The summed E-state index contributed by atoms with van der Waals surface area (Å²) >= 11 is 0. The van der Waals surface area contributed by atoms with E-state index in [0.717, 1.165) is 31.3 Å². The van der Waals surface area contributed by atoms with E-state index in [1.165, 1.54) is 51.4 Å². The van der Waals surface area contributed by atoms with Gasteiger partial charge in [-0.3, -0.25) is 4.68 Å². The van der Waals surface area contributed by atoms with Crippen LogP contribution in [-0.2, 0) is 13.0 Å². The third-order valence-electron chi connectivity index (χ3n) is 4.70. The van der Waals surface area contributed by atoms with Crippen LogP contribution < -0.4 is 5.32 Å². The zero-order chi connectivity index (χ0) is 14.9. The van der Waals surface area contributed by atoms with Crippen molar-refractivity contribution in [1.29, 1.82) is 0 Å². The van der Waals surface area contributed by atoms with E-state index in [-0.39, 0.29) is 0 Å². The van der Waals surface area contributed by atoms with E-state index in [1.54, 1.807) is 6.33 Å². The first-order valence-corrected chi connectivity index (χ1v) is 8.93. The van der Waals surface area contributed by atoms with E-state index in [0.29, 0.717) is 6.04 Å². The minimum absolute atomic E-state index is 0.558. The highest BCUT2D eigenvalue weighted by molar-refractivity contribution is 4.90. The summed E-state index contributed by atoms with van der Waals surface area (Å²) in [6, 6.07) is 0.558. The summed E-state index contributed by atoms with van der Waals surface area (Å²) in [5, 5.41) is 8.05. The van der Waals surface area contributed by atoms with Gasteiger partial charge in [0.25, 0.3) is 0 Å². The maximum atomic E-state index is 4.46. The summed E-state index contributed by atoms with van der Waals surface area (Å²) in [6.45, 7) is 6.40. The van der Waals surface area contributed by atoms with Crippen molar-refractivity contribution >= 4 is 0 Å². The first-order chi connectivity index (χ1) is 10.3. The molecule has 1 saturated carbocycles. The zero-order valence-electron chi connectivity index (χ0n) is 13.9. The normalized spacial score (nSPS) is 18.6. The Hall–Kier alpha value is -0.900. The Bertz CT molecular complexity index is 380. The Balaban J connectivity index is 1.92. The minimum atomic E-state index is 0.558. The second-order valence-corrected chi connectivity index (χ2v) is 6.44. The van der Waals surface area contributed by atoms with Gasteiger partial charge >= 0.3 is 0 Å². The molecule has 0 amide bonds. The van der Waals surface area contributed by atoms with Crippen LogP contribution in [0, 0.1) is 5.92 Å². The molecule has 0 bridgehead atoms. The van der Waals surface area contributed by atoms with Crippen molar-refractivity contribution in [2.45, 2.75) is 84.2 Å². The molecule has 21 heavy (non-hydrogen) atoms. The molecular weight excluding hydrogens is 260 g/mol. The molecule has 1 aliphatic carbocycles. The second kappa shape index (κ2) is 9.19. The molecule has 4 nitrogen and oxygen atoms in total. The van der Waals surface area contributed by atoms with Crippen LogP contribution in [0.25, 0.3) is 0 Å². The van der Waals surface area contributed by atoms with Gasteiger partial charge in [-0.25, -0.2) is 4.98 Å². The number of aromatic nitrogens is 3. The summed E-state index contributed by atoms with van der Waals surface area (Å²) in [5.74, 6) is 2.04. The third-order valence-corrected chi connectivity index (χ3v) is 4.70. The summed E-state index contributed by atoms with van der Waals surface area (Å²) in [5.41, 5.74) is 0. The van der Waals surface area contributed by atoms with Gasteiger partial charge in [0.15, 0.2) is 0 Å². The van der Waals surface area contributed by atoms with E-state index < -0.39 is 0 Å². The molecule has 1 heterocycles. The number of hydrogen-bond donors (Lipinski definition) is 1. The van der Waals surface area contributed by atoms with Crippen LogP contribution in [0.15, 0.2) is 6.33 Å². The fraction of sp³-hybridized carbons (Fsp3) is 0.882. The number of nitrogens with zero attached hydrogens (tertiary/aromatic N) is 3. The average molecular weight is 292 g/mol. The van der Waals surface area contributed by atoms with Crippen LogP contribution >= 0.6 is 0 Å². The molecule has 120 valence electrons. The van der Waals surface area contributed by atoms with Crippen molar-refractivity contribution < 1.29 is 0 Å². The van der Waals surface area contributed by atoms with E-state index in [1.807, 2.05) is 4.68 Å². The summed E-state index contributed by atoms with van der Waals surface area (Å²) < 4.78 is 2.04. The molecule has 0 spiro atoms. The van der Waals surface area contributed by atoms with Gasteiger partial charge in [-0.2, -0.15) is 5.10 Å². The van der Waals surface area contributed by atoms with Gasteiger partial charge in [0, 0.05) is 19.0 Å². The molecule has 1 N–H and O–H groups in total. The molecule has 1 aromatic heterocycles. The second-order valence-electron chi connectivity index (χ2n) is 6.44. The quantitative estimate of drug-likeness (QED) is 0.745. The molecule has 1 atom stereocenters. The number of aryl methyl sites for hydroxylation is 1. The summed E-state index contributed by atoms with van der Waals surface area (Å²) in [4.78, 5) is 4.46. The Kier molecular flexibility index (Phi) is 7.20. The lowest BCUT2D eigenvalue weighted by Crippen LogP contribution is -2.34. The monoisotopic (exact) mass is 292 g/mol. The summed E-state index contributed by atoms with van der Waals surface area (Å²) in [7, 11) is 0. The number of hydrogen-bond acceptors (Lipinski definition) is 3. The maximum Gasteiger partial charge on any atom is 0.138 e. The molecule has 0 radical (unpaired) electrons. The van der Waals surface area contributed by atoms with Crippen molar-refractivity contribution in [3.8, 4) is 0 Å². The van der Waals surface area contributed by atoms with Gasteiger partial charge in [0.2, 0.25) is 0 Å². The number of nitrogens with one attached hydrogen (secondary N) is 1. The predicted octanol–water partition coefficient (Wildman–Crippen LogP) is 3.57. The predicted molar refractivity (Wildman–Crippen MR) is 87.3 cm³/mol. The van der Waals surface area contributed by atoms with Gasteiger partial charge in [-0.1, -0.05) is 45.4 Å². The standard InChI is InChI=1S/C17H32N4/c1-3-11-18-16(12-15-9-7-5-6-8-10-15)13-17-19-14-20-21(17)4-2/h14-16,18H,3-13H2,1-2H3. The molecule has 1 unspecified atom stereocenters. The molecule has 4 heteroatoms. The SMILES string of the molecule is CCCNC(Cc1ncnn1CC)CC1CCCCCC1. The Morgan fingerprint density at radius 2 is 2.00 bits per heavy atom. The Labute approximate surface area is 129 Å². The first-order valence-electron chi connectivity index (χ1n) is 8.93. The highest BCUT2D eigenvalue weighted by atomic mass is 15.3. The van der Waals surface area contributed by atoms with Gasteiger partial charge in [0.1, 0.15) is 12.2 Å². The van der Waals surface area contributed by atoms with E-state index >= 15 is 0 Å². The van der Waals surface area contributed by atoms with Crippen LogP contribution in [0.4, 0.5) is 0 Å². The fourth-order valence-electron chi connectivity index (χ4n) is 3.52. The molecule has 0 saturated heterocycles. The smallest absolute Gasteiger partial charge is 0.138 e. The molecule has 1 fully saturated rings. The van der Waals surface area contributed by atoms with E-state index in [4.69, 9.17) is 0 Å². The fourth-order valence-corrected chi connectivity index (χ4v) is 3.52. The van der Waals surface area contributed by atoms with Crippen LogP contribution in [0.2, 0.25) is 0 Å². The highest BCUT2D eigenvalue weighted by Crippen LogP contribution is 2.27. The lowest BCUT2D eigenvalue weighted by atomic mass is 9.91. The Morgan fingerprint density at radius 1 is 1.24 bits per heavy atom. The van der Waals surface area contributed by atoms with Crippen molar-refractivity contribution in [2.24, 2.45) is 5.92 Å². The third kappa shape index (κ3) is 5.42. The van der Waals surface area contributed by atoms with Crippen molar-refractivity contribution in [3.63, 3.8) is 0 Å². The molecule has 1 aliphatic rings. The van der Waals surface area contributed by atoms with Crippen molar-refractivity contribution in [1.82, 2.24) is 20.1 Å². The first kappa shape index (κ1) is 16.5. The summed E-state index contributed by atoms with van der Waals surface area (Å²) in [6.07, 6.45) is 13.8. The molecule has 1 aromatic rings. The highest BCUT2D eigenvalue weighted by Gasteiger charge is 2.19. The zero-order valence-corrected chi connectivity index (χ0v) is 13.9. The van der Waals surface area contributed by atoms with Gasteiger partial charge in [0.05, 0.1) is 0 Å². The van der Waals surface area contributed by atoms with Gasteiger partial charge in [-0.15, -0.1) is 0 Å². The maximum absolute atomic E-state index is 4.46. The number of rotatable bonds is 8. The lowest BCUT2D eigenvalue weighted by molar-refractivity contribution is 0.343. The Morgan fingerprint density at radius 3 is 2.67 bits per heavy atom. The van der Waals surface area contributed by atoms with Crippen molar-refractivity contribution in [3.05, 3.63) is 12.2 Å². The topological polar surface area (TPSA) is 42.7 Å². The van der Waals surface area contributed by atoms with Crippen LogP contribution in [0.1, 0.15) is 71.0 Å². The van der Waals surface area contributed by atoms with Crippen LogP contribution in [0.3, 0.4) is 0 Å². The van der Waals surface area contributed by atoms with Crippen LogP contribution in [0.5, 0.6) is 0 Å². The minimum Gasteiger partial charge on any atom is -0.314 e. The van der Waals surface area contributed by atoms with Gasteiger partial charge in [-0.05, 0) is 32.2 Å². The lowest BCUT2D eigenvalue weighted by Gasteiger charge is -2.23. The van der Waals surface area contributed by atoms with Crippen LogP contribution in [-0.4, -0.2) is 27.4 Å². The largest absolute Gasteiger partial charge is 0.314 e. The van der Waals surface area contributed by atoms with E-state index in [9.17, 15) is 0 Å². The average Bonchev–Trinajstić information content (AvgIpc) is 2.78.